The number of methoxy groups -OCH3 is 2. The molecule has 0 spiro atoms. The molecule has 9 nitrogen and oxygen atoms in total. The molecule has 32 heavy (non-hydrogen) atoms. The molecule has 3 aromatic rings. The molecule has 0 fully saturated rings. The standard InChI is InChI=1S/C15H11NO3.C8H10O5/c1-7-6-10-12(8(2)16-7)15(19)13-9(14(10)18)4-3-5-11(13)17;1-11-7(9)5-3-6(13-4-5)8(10)12-2/h3-6,17H,1-2H3;3-4,7,9H,1-2H3. The number of carbonyl (C=O) groups is 3. The number of aliphatic hydroxyl groups is 1. The van der Waals surface area contributed by atoms with Gasteiger partial charge in [0.1, 0.15) is 5.75 Å². The predicted molar refractivity (Wildman–Crippen MR) is 111 cm³/mol. The maximum atomic E-state index is 12.5. The van der Waals surface area contributed by atoms with Crippen LogP contribution < -0.4 is 0 Å². The number of esters is 1. The highest BCUT2D eigenvalue weighted by Gasteiger charge is 2.33. The first-order valence-electron chi connectivity index (χ1n) is 9.46. The second kappa shape index (κ2) is 9.13. The van der Waals surface area contributed by atoms with Crippen molar-refractivity contribution in [2.24, 2.45) is 0 Å². The van der Waals surface area contributed by atoms with E-state index in [-0.39, 0.29) is 34.2 Å². The number of rotatable bonds is 3. The summed E-state index contributed by atoms with van der Waals surface area (Å²) in [7, 11) is 2.59. The molecule has 0 amide bonds. The van der Waals surface area contributed by atoms with E-state index in [1.807, 2.05) is 0 Å². The van der Waals surface area contributed by atoms with Crippen molar-refractivity contribution in [3.63, 3.8) is 0 Å². The lowest BCUT2D eigenvalue weighted by atomic mass is 9.83. The second-order valence-corrected chi connectivity index (χ2v) is 6.95. The first-order valence-corrected chi connectivity index (χ1v) is 9.46. The van der Waals surface area contributed by atoms with Crippen molar-refractivity contribution >= 4 is 17.5 Å². The Hall–Kier alpha value is -3.82. The van der Waals surface area contributed by atoms with Crippen molar-refractivity contribution in [2.75, 3.05) is 14.2 Å². The van der Waals surface area contributed by atoms with Gasteiger partial charge in [0, 0.05) is 35.2 Å². The van der Waals surface area contributed by atoms with Gasteiger partial charge < -0.3 is 24.1 Å². The molecule has 166 valence electrons. The summed E-state index contributed by atoms with van der Waals surface area (Å²) in [4.78, 5) is 40.0. The van der Waals surface area contributed by atoms with Crippen LogP contribution in [0.2, 0.25) is 0 Å². The van der Waals surface area contributed by atoms with Gasteiger partial charge in [0.15, 0.2) is 17.9 Å². The van der Waals surface area contributed by atoms with E-state index >= 15 is 0 Å². The van der Waals surface area contributed by atoms with Gasteiger partial charge in [-0.15, -0.1) is 0 Å². The molecule has 2 N–H and O–H groups in total. The topological polar surface area (TPSA) is 136 Å². The van der Waals surface area contributed by atoms with Crippen molar-refractivity contribution < 1.29 is 38.5 Å². The number of pyridine rings is 1. The average Bonchev–Trinajstić information content (AvgIpc) is 3.26. The molecule has 0 radical (unpaired) electrons. The van der Waals surface area contributed by atoms with Gasteiger partial charge >= 0.3 is 5.97 Å². The van der Waals surface area contributed by atoms with Crippen LogP contribution in [0.25, 0.3) is 0 Å². The van der Waals surface area contributed by atoms with Gasteiger partial charge in [0.05, 0.1) is 24.5 Å². The van der Waals surface area contributed by atoms with Gasteiger partial charge in [-0.2, -0.15) is 0 Å². The fraction of sp³-hybridized carbons (Fsp3) is 0.217. The Kier molecular flexibility index (Phi) is 6.52. The average molecular weight is 439 g/mol. The van der Waals surface area contributed by atoms with E-state index in [9.17, 15) is 19.5 Å². The van der Waals surface area contributed by atoms with Crippen LogP contribution in [0.4, 0.5) is 0 Å². The molecular weight excluding hydrogens is 418 g/mol. The second-order valence-electron chi connectivity index (χ2n) is 6.95. The number of aryl methyl sites for hydroxylation is 2. The van der Waals surface area contributed by atoms with E-state index in [0.717, 1.165) is 0 Å². The highest BCUT2D eigenvalue weighted by atomic mass is 16.6. The fourth-order valence-electron chi connectivity index (χ4n) is 3.36. The maximum absolute atomic E-state index is 12.5. The van der Waals surface area contributed by atoms with Crippen LogP contribution in [0.5, 0.6) is 5.75 Å². The van der Waals surface area contributed by atoms with Crippen molar-refractivity contribution in [1.82, 2.24) is 4.98 Å². The Morgan fingerprint density at radius 2 is 1.78 bits per heavy atom. The number of aliphatic hydroxyl groups excluding tert-OH is 1. The van der Waals surface area contributed by atoms with E-state index in [2.05, 4.69) is 14.5 Å². The number of aromatic nitrogens is 1. The molecule has 0 saturated heterocycles. The zero-order chi connectivity index (χ0) is 23.6. The first kappa shape index (κ1) is 22.9. The molecule has 1 aliphatic rings. The summed E-state index contributed by atoms with van der Waals surface area (Å²) in [6.45, 7) is 3.48. The first-order chi connectivity index (χ1) is 15.2. The van der Waals surface area contributed by atoms with Crippen molar-refractivity contribution in [2.45, 2.75) is 20.1 Å². The minimum absolute atomic E-state index is 0.0357. The smallest absolute Gasteiger partial charge is 0.373 e. The zero-order valence-corrected chi connectivity index (χ0v) is 17.8. The number of hydrogen-bond donors (Lipinski definition) is 2. The van der Waals surface area contributed by atoms with Gasteiger partial charge in [0.2, 0.25) is 5.76 Å². The summed E-state index contributed by atoms with van der Waals surface area (Å²) in [5.41, 5.74) is 2.58. The number of benzene rings is 1. The number of phenolic OH excluding ortho intramolecular Hbond substituents is 1. The molecule has 1 unspecified atom stereocenters. The van der Waals surface area contributed by atoms with E-state index in [0.29, 0.717) is 28.1 Å². The Bertz CT molecular complexity index is 1210. The Morgan fingerprint density at radius 3 is 2.44 bits per heavy atom. The summed E-state index contributed by atoms with van der Waals surface area (Å²) in [6, 6.07) is 7.51. The molecule has 9 heteroatoms. The van der Waals surface area contributed by atoms with E-state index in [4.69, 9.17) is 9.52 Å². The van der Waals surface area contributed by atoms with Crippen molar-refractivity contribution in [1.29, 1.82) is 0 Å². The largest absolute Gasteiger partial charge is 0.507 e. The summed E-state index contributed by atoms with van der Waals surface area (Å²) < 4.78 is 13.8. The zero-order valence-electron chi connectivity index (χ0n) is 17.8. The van der Waals surface area contributed by atoms with Crippen molar-refractivity contribution in [3.05, 3.63) is 81.6 Å². The third-order valence-corrected chi connectivity index (χ3v) is 4.83. The summed E-state index contributed by atoms with van der Waals surface area (Å²) in [5.74, 6) is -1.30. The van der Waals surface area contributed by atoms with Crippen LogP contribution >= 0.6 is 0 Å². The lowest BCUT2D eigenvalue weighted by molar-refractivity contribution is -0.0772. The maximum Gasteiger partial charge on any atom is 0.373 e. The number of aromatic hydroxyl groups is 1. The normalized spacial score (nSPS) is 12.9. The van der Waals surface area contributed by atoms with Crippen LogP contribution in [-0.4, -0.2) is 47.0 Å². The van der Waals surface area contributed by atoms with Crippen molar-refractivity contribution in [3.8, 4) is 5.75 Å². The van der Waals surface area contributed by atoms with Crippen LogP contribution in [0.3, 0.4) is 0 Å². The van der Waals surface area contributed by atoms with E-state index < -0.39 is 12.3 Å². The minimum Gasteiger partial charge on any atom is -0.507 e. The number of carbonyl (C=O) groups excluding carboxylic acids is 3. The number of phenols is 1. The predicted octanol–water partition coefficient (Wildman–Crippen LogP) is 2.88. The number of nitrogens with zero attached hydrogens (tertiary/aromatic N) is 1. The number of ether oxygens (including phenoxy) is 2. The lowest BCUT2D eigenvalue weighted by Gasteiger charge is -2.19. The number of furan rings is 1. The number of fused-ring (bicyclic) bond motifs is 2. The monoisotopic (exact) mass is 439 g/mol. The van der Waals surface area contributed by atoms with Crippen LogP contribution in [0, 0.1) is 13.8 Å². The summed E-state index contributed by atoms with van der Waals surface area (Å²) in [6.07, 6.45) is 0.155. The van der Waals surface area contributed by atoms with E-state index in [1.165, 1.54) is 32.6 Å². The van der Waals surface area contributed by atoms with Gasteiger partial charge in [-0.1, -0.05) is 12.1 Å². The van der Waals surface area contributed by atoms with Gasteiger partial charge in [-0.05, 0) is 32.0 Å². The highest BCUT2D eigenvalue weighted by Crippen LogP contribution is 2.33. The SMILES string of the molecule is COC(=O)c1cc(C(O)OC)co1.Cc1cc2c(c(C)n1)C(=O)c1c(O)cccc1C2=O. The Balaban J connectivity index is 0.000000195. The van der Waals surface area contributed by atoms with Crippen LogP contribution in [0.1, 0.15) is 65.6 Å². The molecule has 1 aromatic carbocycles. The summed E-state index contributed by atoms with van der Waals surface area (Å²) in [5, 5.41) is 19.0. The molecule has 4 rings (SSSR count). The number of ketones is 2. The van der Waals surface area contributed by atoms with Crippen LogP contribution in [-0.2, 0) is 9.47 Å². The lowest BCUT2D eigenvalue weighted by Crippen LogP contribution is -2.23. The molecule has 1 atom stereocenters. The molecule has 2 aromatic heterocycles. The molecule has 2 heterocycles. The minimum atomic E-state index is -1.08. The van der Waals surface area contributed by atoms with E-state index in [1.54, 1.807) is 32.0 Å². The fourth-order valence-corrected chi connectivity index (χ4v) is 3.36. The highest BCUT2D eigenvalue weighted by molar-refractivity contribution is 6.29. The third kappa shape index (κ3) is 4.16. The Morgan fingerprint density at radius 1 is 1.06 bits per heavy atom. The van der Waals surface area contributed by atoms with Gasteiger partial charge in [0.25, 0.3) is 0 Å². The summed E-state index contributed by atoms with van der Waals surface area (Å²) >= 11 is 0. The molecule has 0 aliphatic heterocycles. The Labute approximate surface area is 183 Å². The quantitative estimate of drug-likeness (QED) is 0.365. The van der Waals surface area contributed by atoms with Gasteiger partial charge in [-0.25, -0.2) is 4.79 Å². The van der Waals surface area contributed by atoms with Gasteiger partial charge in [-0.3, -0.25) is 14.6 Å². The molecule has 0 saturated carbocycles. The number of hydrogen-bond acceptors (Lipinski definition) is 9. The molecule has 0 bridgehead atoms. The molecular formula is C23H21NO8. The van der Waals surface area contributed by atoms with Crippen LogP contribution in [0.15, 0.2) is 41.0 Å². The third-order valence-electron chi connectivity index (χ3n) is 4.83. The molecule has 1 aliphatic carbocycles.